The lowest BCUT2D eigenvalue weighted by atomic mass is 9.88. The molecule has 0 aromatic carbocycles. The van der Waals surface area contributed by atoms with E-state index >= 15 is 0 Å². The zero-order valence-electron chi connectivity index (χ0n) is 15.1. The third-order valence-electron chi connectivity index (χ3n) is 5.20. The molecule has 5 heteroatoms. The van der Waals surface area contributed by atoms with Crippen LogP contribution < -0.4 is 10.6 Å². The second kappa shape index (κ2) is 10.2. The number of ether oxygens (including phenoxy) is 1. The summed E-state index contributed by atoms with van der Waals surface area (Å²) in [5.74, 6) is -0.441. The molecule has 0 bridgehead atoms. The van der Waals surface area contributed by atoms with Gasteiger partial charge in [0.15, 0.2) is 0 Å². The van der Waals surface area contributed by atoms with Crippen LogP contribution in [0.5, 0.6) is 0 Å². The molecule has 0 heterocycles. The van der Waals surface area contributed by atoms with Crippen LogP contribution in [0.3, 0.4) is 0 Å². The summed E-state index contributed by atoms with van der Waals surface area (Å²) >= 11 is 0. The Morgan fingerprint density at radius 3 is 2.29 bits per heavy atom. The number of esters is 1. The minimum Gasteiger partial charge on any atom is -0.460 e. The first-order chi connectivity index (χ1) is 11.5. The van der Waals surface area contributed by atoms with Crippen molar-refractivity contribution in [2.45, 2.75) is 88.9 Å². The lowest BCUT2D eigenvalue weighted by Gasteiger charge is -2.34. The van der Waals surface area contributed by atoms with E-state index in [0.29, 0.717) is 24.2 Å². The summed E-state index contributed by atoms with van der Waals surface area (Å²) < 4.78 is 4.97. The summed E-state index contributed by atoms with van der Waals surface area (Å²) in [5, 5.41) is 17.1. The molecule has 0 aromatic heterocycles. The Morgan fingerprint density at radius 1 is 1.08 bits per heavy atom. The molecule has 3 N–H and O–H groups in total. The van der Waals surface area contributed by atoms with Crippen molar-refractivity contribution < 1.29 is 14.6 Å². The molecule has 1 unspecified atom stereocenters. The fourth-order valence-electron chi connectivity index (χ4n) is 3.72. The normalized spacial score (nSPS) is 26.8. The largest absolute Gasteiger partial charge is 0.460 e. The highest BCUT2D eigenvalue weighted by molar-refractivity contribution is 5.86. The van der Waals surface area contributed by atoms with Crippen molar-refractivity contribution in [2.75, 3.05) is 13.2 Å². The van der Waals surface area contributed by atoms with E-state index in [1.807, 2.05) is 0 Å². The van der Waals surface area contributed by atoms with Crippen molar-refractivity contribution in [3.63, 3.8) is 0 Å². The number of hydrogen-bond acceptors (Lipinski definition) is 5. The molecular weight excluding hydrogens is 304 g/mol. The molecule has 0 aliphatic heterocycles. The van der Waals surface area contributed by atoms with E-state index in [0.717, 1.165) is 18.9 Å². The van der Waals surface area contributed by atoms with Crippen LogP contribution in [0.2, 0.25) is 0 Å². The van der Waals surface area contributed by atoms with Gasteiger partial charge in [0.25, 0.3) is 0 Å². The number of hydrogen-bond donors (Lipinski definition) is 3. The summed E-state index contributed by atoms with van der Waals surface area (Å²) in [6, 6.07) is 1.85. The van der Waals surface area contributed by atoms with Crippen LogP contribution in [0.1, 0.15) is 64.7 Å². The molecule has 1 atom stereocenters. The third-order valence-corrected chi connectivity index (χ3v) is 5.20. The van der Waals surface area contributed by atoms with Gasteiger partial charge in [-0.05, 0) is 45.4 Å². The molecule has 138 valence electrons. The predicted octanol–water partition coefficient (Wildman–Crippen LogP) is 2.29. The number of aliphatic hydroxyl groups excluding tert-OH is 1. The summed E-state index contributed by atoms with van der Waals surface area (Å²) in [6.07, 6.45) is 10.9. The van der Waals surface area contributed by atoms with Gasteiger partial charge in [0.05, 0.1) is 0 Å². The summed E-state index contributed by atoms with van der Waals surface area (Å²) in [5.41, 5.74) is 0.360. The van der Waals surface area contributed by atoms with Crippen LogP contribution in [0.25, 0.3) is 0 Å². The van der Waals surface area contributed by atoms with Gasteiger partial charge < -0.3 is 20.5 Å². The van der Waals surface area contributed by atoms with Gasteiger partial charge in [0, 0.05) is 30.2 Å². The molecule has 0 aromatic rings. The molecule has 5 nitrogen and oxygen atoms in total. The van der Waals surface area contributed by atoms with Crippen molar-refractivity contribution >= 4 is 5.97 Å². The zero-order valence-corrected chi connectivity index (χ0v) is 15.1. The quantitative estimate of drug-likeness (QED) is 0.468. The van der Waals surface area contributed by atoms with Gasteiger partial charge in [-0.2, -0.15) is 0 Å². The minimum absolute atomic E-state index is 0.0251. The number of carbonyl (C=O) groups excluding carboxylic acids is 1. The number of nitrogens with one attached hydrogen (secondary N) is 2. The second-order valence-electron chi connectivity index (χ2n) is 7.49. The van der Waals surface area contributed by atoms with Gasteiger partial charge in [0.2, 0.25) is 0 Å². The highest BCUT2D eigenvalue weighted by Gasteiger charge is 2.24. The van der Waals surface area contributed by atoms with Gasteiger partial charge in [-0.25, -0.2) is 4.79 Å². The maximum atomic E-state index is 11.3. The first kappa shape index (κ1) is 19.4. The first-order valence-electron chi connectivity index (χ1n) is 9.54. The second-order valence-corrected chi connectivity index (χ2v) is 7.49. The van der Waals surface area contributed by atoms with Gasteiger partial charge in [-0.1, -0.05) is 25.8 Å². The van der Waals surface area contributed by atoms with Crippen LogP contribution in [-0.2, 0) is 9.53 Å². The Kier molecular flexibility index (Phi) is 8.22. The Hall–Kier alpha value is -0.910. The SMILES string of the molecule is C=C(C)C(=O)OCC(O)CNC1CCC(NC2CCCCC2)CC1. The molecule has 0 amide bonds. The molecule has 24 heavy (non-hydrogen) atoms. The van der Waals surface area contributed by atoms with Crippen LogP contribution >= 0.6 is 0 Å². The van der Waals surface area contributed by atoms with Crippen molar-refractivity contribution in [2.24, 2.45) is 0 Å². The Labute approximate surface area is 146 Å². The standard InChI is InChI=1S/C19H34N2O3/c1-14(2)19(23)24-13-18(22)12-20-15-8-10-17(11-9-15)21-16-6-4-3-5-7-16/h15-18,20-22H,1,3-13H2,2H3. The highest BCUT2D eigenvalue weighted by atomic mass is 16.5. The summed E-state index contributed by atoms with van der Waals surface area (Å²) in [6.45, 7) is 5.62. The minimum atomic E-state index is -0.661. The zero-order chi connectivity index (χ0) is 17.4. The lowest BCUT2D eigenvalue weighted by Crippen LogP contribution is -2.46. The molecule has 2 aliphatic rings. The molecule has 0 spiro atoms. The van der Waals surface area contributed by atoms with E-state index in [2.05, 4.69) is 17.2 Å². The first-order valence-corrected chi connectivity index (χ1v) is 9.54. The molecule has 2 fully saturated rings. The van der Waals surface area contributed by atoms with Crippen molar-refractivity contribution in [3.05, 3.63) is 12.2 Å². The summed E-state index contributed by atoms with van der Waals surface area (Å²) in [4.78, 5) is 11.3. The van der Waals surface area contributed by atoms with Gasteiger partial charge in [0.1, 0.15) is 12.7 Å². The van der Waals surface area contributed by atoms with Crippen molar-refractivity contribution in [3.8, 4) is 0 Å². The maximum absolute atomic E-state index is 11.3. The molecule has 2 aliphatic carbocycles. The fourth-order valence-corrected chi connectivity index (χ4v) is 3.72. The van der Waals surface area contributed by atoms with Crippen LogP contribution in [0.15, 0.2) is 12.2 Å². The van der Waals surface area contributed by atoms with E-state index in [-0.39, 0.29) is 6.61 Å². The van der Waals surface area contributed by atoms with E-state index in [9.17, 15) is 9.90 Å². The average Bonchev–Trinajstić information content (AvgIpc) is 2.59. The van der Waals surface area contributed by atoms with Crippen LogP contribution in [-0.4, -0.2) is 48.5 Å². The Morgan fingerprint density at radius 2 is 1.67 bits per heavy atom. The molecule has 2 saturated carbocycles. The Balaban J connectivity index is 1.55. The monoisotopic (exact) mass is 338 g/mol. The van der Waals surface area contributed by atoms with E-state index < -0.39 is 12.1 Å². The van der Waals surface area contributed by atoms with Crippen molar-refractivity contribution in [1.29, 1.82) is 0 Å². The van der Waals surface area contributed by atoms with Gasteiger partial charge in [-0.15, -0.1) is 0 Å². The number of rotatable bonds is 8. The van der Waals surface area contributed by atoms with Crippen LogP contribution in [0, 0.1) is 0 Å². The number of carbonyl (C=O) groups is 1. The van der Waals surface area contributed by atoms with Crippen LogP contribution in [0.4, 0.5) is 0 Å². The summed E-state index contributed by atoms with van der Waals surface area (Å²) in [7, 11) is 0. The molecule has 0 radical (unpaired) electrons. The van der Waals surface area contributed by atoms with Crippen molar-refractivity contribution in [1.82, 2.24) is 10.6 Å². The number of aliphatic hydroxyl groups is 1. The molecule has 0 saturated heterocycles. The maximum Gasteiger partial charge on any atom is 0.333 e. The Bertz CT molecular complexity index is 399. The highest BCUT2D eigenvalue weighted by Crippen LogP contribution is 2.23. The third kappa shape index (κ3) is 6.91. The van der Waals surface area contributed by atoms with E-state index in [1.54, 1.807) is 6.92 Å². The lowest BCUT2D eigenvalue weighted by molar-refractivity contribution is -0.141. The topological polar surface area (TPSA) is 70.6 Å². The van der Waals surface area contributed by atoms with E-state index in [4.69, 9.17) is 4.74 Å². The fraction of sp³-hybridized carbons (Fsp3) is 0.842. The predicted molar refractivity (Wildman–Crippen MR) is 95.8 cm³/mol. The van der Waals surface area contributed by atoms with Gasteiger partial charge >= 0.3 is 5.97 Å². The van der Waals surface area contributed by atoms with Gasteiger partial charge in [-0.3, -0.25) is 0 Å². The smallest absolute Gasteiger partial charge is 0.333 e. The van der Waals surface area contributed by atoms with E-state index in [1.165, 1.54) is 44.9 Å². The molecular formula is C19H34N2O3. The average molecular weight is 338 g/mol. The molecule has 2 rings (SSSR count).